The van der Waals surface area contributed by atoms with Gasteiger partial charge >= 0.3 is 5.97 Å². The van der Waals surface area contributed by atoms with E-state index in [9.17, 15) is 9.90 Å². The summed E-state index contributed by atoms with van der Waals surface area (Å²) in [5.74, 6) is 0.172. The summed E-state index contributed by atoms with van der Waals surface area (Å²) in [7, 11) is 1.35. The molecule has 0 aromatic carbocycles. The van der Waals surface area contributed by atoms with E-state index in [1.54, 1.807) is 6.07 Å². The van der Waals surface area contributed by atoms with Crippen LogP contribution in [-0.4, -0.2) is 54.5 Å². The third-order valence-corrected chi connectivity index (χ3v) is 3.27. The minimum absolute atomic E-state index is 0.0258. The standard InChI is InChI=1S/C14H21NO5/c1-14(2)9-15(6-10(8-16)20-14)7-12-11(4-5-19-12)13(17)18-3/h4-5,10,16H,6-9H2,1-3H3. The van der Waals surface area contributed by atoms with Gasteiger partial charge in [-0.1, -0.05) is 0 Å². The molecule has 2 rings (SSSR count). The predicted molar refractivity (Wildman–Crippen MR) is 71.4 cm³/mol. The molecule has 0 radical (unpaired) electrons. The minimum Gasteiger partial charge on any atom is -0.467 e. The van der Waals surface area contributed by atoms with Crippen molar-refractivity contribution in [3.05, 3.63) is 23.7 Å². The monoisotopic (exact) mass is 283 g/mol. The molecule has 0 bridgehead atoms. The van der Waals surface area contributed by atoms with E-state index in [-0.39, 0.29) is 18.3 Å². The predicted octanol–water partition coefficient (Wildman–Crippen LogP) is 1.04. The number of carbonyl (C=O) groups is 1. The molecule has 0 aliphatic carbocycles. The molecule has 1 aromatic heterocycles. The molecule has 0 amide bonds. The van der Waals surface area contributed by atoms with Gasteiger partial charge in [0.25, 0.3) is 0 Å². The van der Waals surface area contributed by atoms with Gasteiger partial charge in [0.15, 0.2) is 0 Å². The highest BCUT2D eigenvalue weighted by molar-refractivity contribution is 5.90. The van der Waals surface area contributed by atoms with Crippen LogP contribution in [0.4, 0.5) is 0 Å². The summed E-state index contributed by atoms with van der Waals surface area (Å²) in [4.78, 5) is 13.7. The zero-order valence-corrected chi connectivity index (χ0v) is 12.1. The maximum atomic E-state index is 11.6. The van der Waals surface area contributed by atoms with E-state index >= 15 is 0 Å². The maximum absolute atomic E-state index is 11.6. The fourth-order valence-corrected chi connectivity index (χ4v) is 2.59. The maximum Gasteiger partial charge on any atom is 0.341 e. The van der Waals surface area contributed by atoms with E-state index in [1.807, 2.05) is 13.8 Å². The van der Waals surface area contributed by atoms with Gasteiger partial charge in [-0.15, -0.1) is 0 Å². The number of aliphatic hydroxyl groups is 1. The van der Waals surface area contributed by atoms with Crippen molar-refractivity contribution in [3.63, 3.8) is 0 Å². The first-order chi connectivity index (χ1) is 9.45. The highest BCUT2D eigenvalue weighted by Crippen LogP contribution is 2.23. The van der Waals surface area contributed by atoms with Gasteiger partial charge in [-0.25, -0.2) is 4.79 Å². The normalized spacial score (nSPS) is 22.7. The zero-order valence-electron chi connectivity index (χ0n) is 12.1. The number of hydrogen-bond donors (Lipinski definition) is 1. The summed E-state index contributed by atoms with van der Waals surface area (Å²) in [6.45, 7) is 5.71. The van der Waals surface area contributed by atoms with E-state index < -0.39 is 5.97 Å². The molecule has 1 aliphatic rings. The van der Waals surface area contributed by atoms with Crippen LogP contribution in [0.2, 0.25) is 0 Å². The molecule has 6 nitrogen and oxygen atoms in total. The summed E-state index contributed by atoms with van der Waals surface area (Å²) in [6.07, 6.45) is 1.26. The largest absolute Gasteiger partial charge is 0.467 e. The molecule has 2 heterocycles. The Morgan fingerprint density at radius 3 is 3.00 bits per heavy atom. The fraction of sp³-hybridized carbons (Fsp3) is 0.643. The van der Waals surface area contributed by atoms with E-state index in [1.165, 1.54) is 13.4 Å². The smallest absolute Gasteiger partial charge is 0.341 e. The zero-order chi connectivity index (χ0) is 14.8. The fourth-order valence-electron chi connectivity index (χ4n) is 2.59. The topological polar surface area (TPSA) is 72.1 Å². The average molecular weight is 283 g/mol. The van der Waals surface area contributed by atoms with Crippen LogP contribution in [-0.2, 0) is 16.0 Å². The number of rotatable bonds is 4. The molecule has 20 heavy (non-hydrogen) atoms. The van der Waals surface area contributed by atoms with Crippen molar-refractivity contribution in [2.75, 3.05) is 26.8 Å². The van der Waals surface area contributed by atoms with E-state index in [4.69, 9.17) is 13.9 Å². The van der Waals surface area contributed by atoms with Gasteiger partial charge < -0.3 is 19.0 Å². The van der Waals surface area contributed by atoms with Gasteiger partial charge in [0, 0.05) is 13.1 Å². The molecule has 0 saturated carbocycles. The Morgan fingerprint density at radius 1 is 1.60 bits per heavy atom. The molecular weight excluding hydrogens is 262 g/mol. The first kappa shape index (κ1) is 15.0. The lowest BCUT2D eigenvalue weighted by Crippen LogP contribution is -2.53. The molecule has 112 valence electrons. The lowest BCUT2D eigenvalue weighted by atomic mass is 10.0. The number of esters is 1. The quantitative estimate of drug-likeness (QED) is 0.832. The number of hydrogen-bond acceptors (Lipinski definition) is 6. The Hall–Kier alpha value is -1.37. The summed E-state index contributed by atoms with van der Waals surface area (Å²) in [5, 5.41) is 9.30. The first-order valence-corrected chi connectivity index (χ1v) is 6.61. The third kappa shape index (κ3) is 3.39. The van der Waals surface area contributed by atoms with Gasteiger partial charge in [-0.3, -0.25) is 4.90 Å². The van der Waals surface area contributed by atoms with Gasteiger partial charge in [0.1, 0.15) is 11.3 Å². The summed E-state index contributed by atoms with van der Waals surface area (Å²) in [6, 6.07) is 1.61. The lowest BCUT2D eigenvalue weighted by Gasteiger charge is -2.42. The number of ether oxygens (including phenoxy) is 2. The lowest BCUT2D eigenvalue weighted by molar-refractivity contribution is -0.151. The van der Waals surface area contributed by atoms with E-state index in [0.717, 1.165) is 0 Å². The minimum atomic E-state index is -0.403. The number of carbonyl (C=O) groups excluding carboxylic acids is 1. The van der Waals surface area contributed by atoms with Crippen LogP contribution in [0.25, 0.3) is 0 Å². The van der Waals surface area contributed by atoms with Crippen molar-refractivity contribution in [2.24, 2.45) is 0 Å². The van der Waals surface area contributed by atoms with Gasteiger partial charge in [0.05, 0.1) is 38.2 Å². The molecular formula is C14H21NO5. The number of morpholine rings is 1. The van der Waals surface area contributed by atoms with E-state index in [0.29, 0.717) is 31.0 Å². The van der Waals surface area contributed by atoms with Crippen molar-refractivity contribution in [2.45, 2.75) is 32.1 Å². The first-order valence-electron chi connectivity index (χ1n) is 6.61. The highest BCUT2D eigenvalue weighted by atomic mass is 16.5. The van der Waals surface area contributed by atoms with E-state index in [2.05, 4.69) is 4.90 Å². The molecule has 6 heteroatoms. The molecule has 1 aliphatic heterocycles. The molecule has 1 aromatic rings. The summed E-state index contributed by atoms with van der Waals surface area (Å²) in [5.41, 5.74) is 0.0984. The number of aliphatic hydroxyl groups excluding tert-OH is 1. The Morgan fingerprint density at radius 2 is 2.35 bits per heavy atom. The SMILES string of the molecule is COC(=O)c1ccoc1CN1CC(CO)OC(C)(C)C1. The Labute approximate surface area is 118 Å². The average Bonchev–Trinajstić information content (AvgIpc) is 2.84. The molecule has 1 fully saturated rings. The third-order valence-electron chi connectivity index (χ3n) is 3.27. The summed E-state index contributed by atoms with van der Waals surface area (Å²) < 4.78 is 15.9. The molecule has 1 saturated heterocycles. The molecule has 1 unspecified atom stereocenters. The number of nitrogens with zero attached hydrogens (tertiary/aromatic N) is 1. The van der Waals surface area contributed by atoms with Gasteiger partial charge in [0.2, 0.25) is 0 Å². The second-order valence-corrected chi connectivity index (χ2v) is 5.60. The molecule has 0 spiro atoms. The van der Waals surface area contributed by atoms with Crippen molar-refractivity contribution < 1.29 is 23.8 Å². The van der Waals surface area contributed by atoms with Crippen molar-refractivity contribution in [1.29, 1.82) is 0 Å². The van der Waals surface area contributed by atoms with Crippen molar-refractivity contribution >= 4 is 5.97 Å². The van der Waals surface area contributed by atoms with Crippen LogP contribution < -0.4 is 0 Å². The second-order valence-electron chi connectivity index (χ2n) is 5.60. The molecule has 1 atom stereocenters. The van der Waals surface area contributed by atoms with Crippen LogP contribution in [0.3, 0.4) is 0 Å². The van der Waals surface area contributed by atoms with Crippen LogP contribution >= 0.6 is 0 Å². The molecule has 1 N–H and O–H groups in total. The van der Waals surface area contributed by atoms with Crippen LogP contribution in [0.5, 0.6) is 0 Å². The van der Waals surface area contributed by atoms with Crippen LogP contribution in [0.15, 0.2) is 16.7 Å². The van der Waals surface area contributed by atoms with Gasteiger partial charge in [-0.05, 0) is 19.9 Å². The van der Waals surface area contributed by atoms with Crippen LogP contribution in [0.1, 0.15) is 30.0 Å². The Kier molecular flexibility index (Phi) is 4.47. The Bertz CT molecular complexity index is 468. The second kappa shape index (κ2) is 5.95. The van der Waals surface area contributed by atoms with Crippen molar-refractivity contribution in [1.82, 2.24) is 4.90 Å². The highest BCUT2D eigenvalue weighted by Gasteiger charge is 2.34. The van der Waals surface area contributed by atoms with Crippen LogP contribution in [0, 0.1) is 0 Å². The van der Waals surface area contributed by atoms with Crippen molar-refractivity contribution in [3.8, 4) is 0 Å². The Balaban J connectivity index is 2.09. The van der Waals surface area contributed by atoms with Gasteiger partial charge in [-0.2, -0.15) is 0 Å². The summed E-state index contributed by atoms with van der Waals surface area (Å²) >= 11 is 0. The number of methoxy groups -OCH3 is 1. The number of furan rings is 1.